The topological polar surface area (TPSA) is 46.5 Å². The lowest BCUT2D eigenvalue weighted by Gasteiger charge is -2.01. The molecule has 4 heteroatoms. The van der Waals surface area contributed by atoms with Crippen molar-refractivity contribution in [3.05, 3.63) is 39.9 Å². The summed E-state index contributed by atoms with van der Waals surface area (Å²) in [5.74, 6) is -0.268. The molecule has 3 nitrogen and oxygen atoms in total. The molecular weight excluding hydrogens is 272 g/mol. The molecule has 0 amide bonds. The molecule has 1 rings (SSSR count). The van der Waals surface area contributed by atoms with E-state index in [2.05, 4.69) is 20.7 Å². The summed E-state index contributed by atoms with van der Waals surface area (Å²) in [5.41, 5.74) is 1.76. The summed E-state index contributed by atoms with van der Waals surface area (Å²) < 4.78 is 5.39. The van der Waals surface area contributed by atoms with Crippen LogP contribution in [0.2, 0.25) is 0 Å². The predicted molar refractivity (Wildman–Crippen MR) is 65.7 cm³/mol. The first-order valence-corrected chi connectivity index (χ1v) is 5.59. The summed E-state index contributed by atoms with van der Waals surface area (Å²) >= 11 is 3.33. The Hall–Kier alpha value is -1.13. The van der Waals surface area contributed by atoms with E-state index < -0.39 is 0 Å². The van der Waals surface area contributed by atoms with Gasteiger partial charge in [0, 0.05) is 4.47 Å². The van der Waals surface area contributed by atoms with Gasteiger partial charge < -0.3 is 9.84 Å². The summed E-state index contributed by atoms with van der Waals surface area (Å²) in [6.45, 7) is -0.0146. The van der Waals surface area contributed by atoms with E-state index in [0.29, 0.717) is 0 Å². The van der Waals surface area contributed by atoms with Crippen molar-refractivity contribution in [1.82, 2.24) is 0 Å². The van der Waals surface area contributed by atoms with Crippen LogP contribution in [0, 0.1) is 0 Å². The van der Waals surface area contributed by atoms with Crippen molar-refractivity contribution in [1.29, 1.82) is 0 Å². The molecule has 0 unspecified atom stereocenters. The molecule has 0 saturated heterocycles. The van der Waals surface area contributed by atoms with Crippen LogP contribution in [0.4, 0.5) is 0 Å². The van der Waals surface area contributed by atoms with Gasteiger partial charge in [-0.25, -0.2) is 0 Å². The number of aliphatic hydroxyl groups excluding tert-OH is 1. The molecule has 16 heavy (non-hydrogen) atoms. The maximum Gasteiger partial charge on any atom is 0.309 e. The fraction of sp³-hybridized carbons (Fsp3) is 0.250. The van der Waals surface area contributed by atoms with Crippen LogP contribution in [0.1, 0.15) is 17.5 Å². The van der Waals surface area contributed by atoms with Crippen molar-refractivity contribution in [3.8, 4) is 0 Å². The minimum absolute atomic E-state index is 0.0146. The van der Waals surface area contributed by atoms with Crippen LogP contribution in [0.15, 0.2) is 28.7 Å². The molecule has 86 valence electrons. The van der Waals surface area contributed by atoms with E-state index in [1.807, 2.05) is 24.3 Å². The monoisotopic (exact) mass is 284 g/mol. The molecule has 0 aliphatic rings. The van der Waals surface area contributed by atoms with E-state index >= 15 is 0 Å². The zero-order chi connectivity index (χ0) is 12.0. The van der Waals surface area contributed by atoms with Gasteiger partial charge in [-0.05, 0) is 23.3 Å². The molecule has 0 bridgehead atoms. The second-order valence-electron chi connectivity index (χ2n) is 3.19. The summed E-state index contributed by atoms with van der Waals surface area (Å²) in [6.07, 6.45) is 3.81. The number of aliphatic hydroxyl groups is 1. The number of carbonyl (C=O) groups excluding carboxylic acids is 1. The molecule has 0 saturated carbocycles. The molecule has 1 aromatic rings. The molecule has 1 N–H and O–H groups in total. The highest BCUT2D eigenvalue weighted by atomic mass is 79.9. The van der Waals surface area contributed by atoms with E-state index in [0.717, 1.165) is 15.6 Å². The van der Waals surface area contributed by atoms with Gasteiger partial charge in [0.1, 0.15) is 0 Å². The van der Waals surface area contributed by atoms with Crippen molar-refractivity contribution in [2.24, 2.45) is 0 Å². The smallest absolute Gasteiger partial charge is 0.309 e. The zero-order valence-corrected chi connectivity index (χ0v) is 10.5. The van der Waals surface area contributed by atoms with Crippen molar-refractivity contribution < 1.29 is 14.6 Å². The molecule has 0 aliphatic heterocycles. The average molecular weight is 285 g/mol. The highest BCUT2D eigenvalue weighted by molar-refractivity contribution is 9.10. The largest absolute Gasteiger partial charge is 0.469 e. The van der Waals surface area contributed by atoms with Gasteiger partial charge in [0.2, 0.25) is 0 Å². The lowest BCUT2D eigenvalue weighted by molar-refractivity contribution is -0.139. The quantitative estimate of drug-likeness (QED) is 0.865. The van der Waals surface area contributed by atoms with Crippen LogP contribution in [0.25, 0.3) is 6.08 Å². The zero-order valence-electron chi connectivity index (χ0n) is 8.94. The van der Waals surface area contributed by atoms with Gasteiger partial charge in [0.05, 0.1) is 20.1 Å². The second kappa shape index (κ2) is 6.45. The van der Waals surface area contributed by atoms with E-state index in [9.17, 15) is 4.79 Å². The van der Waals surface area contributed by atoms with Gasteiger partial charge in [-0.3, -0.25) is 4.79 Å². The number of hydrogen-bond acceptors (Lipinski definition) is 3. The highest BCUT2D eigenvalue weighted by Gasteiger charge is 1.99. The Morgan fingerprint density at radius 1 is 1.56 bits per heavy atom. The Labute approximate surface area is 103 Å². The van der Waals surface area contributed by atoms with E-state index in [1.54, 1.807) is 6.08 Å². The first-order valence-electron chi connectivity index (χ1n) is 4.80. The van der Waals surface area contributed by atoms with Crippen molar-refractivity contribution in [3.63, 3.8) is 0 Å². The Morgan fingerprint density at radius 2 is 2.31 bits per heavy atom. The lowest BCUT2D eigenvalue weighted by Crippen LogP contribution is -1.96. The van der Waals surface area contributed by atoms with E-state index in [1.165, 1.54) is 7.11 Å². The molecular formula is C12H13BrO3. The SMILES string of the molecule is COC(=O)CC=Cc1ccc(Br)c(CO)c1. The third-order valence-corrected chi connectivity index (χ3v) is 2.84. The standard InChI is InChI=1S/C12H13BrO3/c1-16-12(15)4-2-3-9-5-6-11(13)10(7-9)8-14/h2-3,5-7,14H,4,8H2,1H3. The van der Waals surface area contributed by atoms with E-state index in [-0.39, 0.29) is 19.0 Å². The van der Waals surface area contributed by atoms with Gasteiger partial charge >= 0.3 is 5.97 Å². The molecule has 0 fully saturated rings. The average Bonchev–Trinajstić information content (AvgIpc) is 2.31. The molecule has 0 aliphatic carbocycles. The van der Waals surface area contributed by atoms with Gasteiger partial charge in [0.25, 0.3) is 0 Å². The Kier molecular flexibility index (Phi) is 5.22. The van der Waals surface area contributed by atoms with Crippen LogP contribution in [0.5, 0.6) is 0 Å². The van der Waals surface area contributed by atoms with Crippen LogP contribution < -0.4 is 0 Å². The summed E-state index contributed by atoms with van der Waals surface area (Å²) in [5, 5.41) is 9.07. The van der Waals surface area contributed by atoms with Gasteiger partial charge in [-0.15, -0.1) is 0 Å². The number of methoxy groups -OCH3 is 1. The lowest BCUT2D eigenvalue weighted by atomic mass is 10.1. The summed E-state index contributed by atoms with van der Waals surface area (Å²) in [6, 6.07) is 5.62. The van der Waals surface area contributed by atoms with Crippen LogP contribution in [0.3, 0.4) is 0 Å². The van der Waals surface area contributed by atoms with Gasteiger partial charge in [-0.2, -0.15) is 0 Å². The van der Waals surface area contributed by atoms with Crippen LogP contribution in [-0.4, -0.2) is 18.2 Å². The third-order valence-electron chi connectivity index (χ3n) is 2.06. The normalized spacial score (nSPS) is 10.7. The minimum atomic E-state index is -0.268. The molecule has 0 atom stereocenters. The first kappa shape index (κ1) is 12.9. The van der Waals surface area contributed by atoms with Crippen LogP contribution >= 0.6 is 15.9 Å². The minimum Gasteiger partial charge on any atom is -0.469 e. The maximum atomic E-state index is 10.9. The van der Waals surface area contributed by atoms with Crippen molar-refractivity contribution in [2.75, 3.05) is 7.11 Å². The highest BCUT2D eigenvalue weighted by Crippen LogP contribution is 2.19. The fourth-order valence-corrected chi connectivity index (χ4v) is 1.57. The maximum absolute atomic E-state index is 10.9. The second-order valence-corrected chi connectivity index (χ2v) is 4.05. The predicted octanol–water partition coefficient (Wildman–Crippen LogP) is 2.52. The number of carbonyl (C=O) groups is 1. The molecule has 0 aromatic heterocycles. The molecule has 0 radical (unpaired) electrons. The van der Waals surface area contributed by atoms with Crippen molar-refractivity contribution >= 4 is 28.0 Å². The number of hydrogen-bond donors (Lipinski definition) is 1. The number of halogens is 1. The van der Waals surface area contributed by atoms with Crippen LogP contribution in [-0.2, 0) is 16.1 Å². The molecule has 0 heterocycles. The number of esters is 1. The fourth-order valence-electron chi connectivity index (χ4n) is 1.19. The van der Waals surface area contributed by atoms with E-state index in [4.69, 9.17) is 5.11 Å². The number of ether oxygens (including phenoxy) is 1. The number of benzene rings is 1. The Bertz CT molecular complexity index is 399. The van der Waals surface area contributed by atoms with Gasteiger partial charge in [-0.1, -0.05) is 34.1 Å². The number of rotatable bonds is 4. The van der Waals surface area contributed by atoms with Gasteiger partial charge in [0.15, 0.2) is 0 Å². The first-order chi connectivity index (χ1) is 7.67. The Morgan fingerprint density at radius 3 is 2.94 bits per heavy atom. The molecule has 1 aromatic carbocycles. The summed E-state index contributed by atoms with van der Waals surface area (Å²) in [7, 11) is 1.36. The Balaban J connectivity index is 2.70. The van der Waals surface area contributed by atoms with Crippen molar-refractivity contribution in [2.45, 2.75) is 13.0 Å². The molecule has 0 spiro atoms. The third kappa shape index (κ3) is 3.79. The summed E-state index contributed by atoms with van der Waals surface area (Å²) in [4.78, 5) is 10.9.